The van der Waals surface area contributed by atoms with Crippen LogP contribution in [0.5, 0.6) is 0 Å². The van der Waals surface area contributed by atoms with Crippen LogP contribution in [-0.2, 0) is 4.79 Å². The number of aliphatic hydroxyl groups excluding tert-OH is 3. The maximum atomic E-state index is 13.3. The Labute approximate surface area is 195 Å². The van der Waals surface area contributed by atoms with Crippen LogP contribution < -0.4 is 5.32 Å². The average molecular weight is 473 g/mol. The number of nitrogens with zero attached hydrogens (tertiary/aromatic N) is 5. The van der Waals surface area contributed by atoms with Crippen molar-refractivity contribution >= 4 is 39.3 Å². The van der Waals surface area contributed by atoms with Crippen molar-refractivity contribution in [3.63, 3.8) is 0 Å². The summed E-state index contributed by atoms with van der Waals surface area (Å²) < 4.78 is 0.963. The number of piperazine rings is 1. The Kier molecular flexibility index (Phi) is 6.14. The summed E-state index contributed by atoms with van der Waals surface area (Å²) in [5, 5.41) is 33.8. The first kappa shape index (κ1) is 22.4. The molecule has 4 N–H and O–H groups in total. The average Bonchev–Trinajstić information content (AvgIpc) is 3.35. The lowest BCUT2D eigenvalue weighted by molar-refractivity contribution is -0.120. The van der Waals surface area contributed by atoms with E-state index in [4.69, 9.17) is 4.99 Å². The zero-order valence-electron chi connectivity index (χ0n) is 18.3. The number of thiazole rings is 1. The van der Waals surface area contributed by atoms with Crippen LogP contribution >= 0.6 is 11.3 Å². The quantitative estimate of drug-likeness (QED) is 0.478. The van der Waals surface area contributed by atoms with Gasteiger partial charge in [0.15, 0.2) is 0 Å². The Balaban J connectivity index is 1.53. The van der Waals surface area contributed by atoms with Crippen molar-refractivity contribution in [1.29, 1.82) is 0 Å². The number of para-hydroxylation sites is 1. The first-order valence-electron chi connectivity index (χ1n) is 11.2. The second-order valence-corrected chi connectivity index (χ2v) is 9.94. The van der Waals surface area contributed by atoms with E-state index in [0.29, 0.717) is 17.4 Å². The predicted octanol–water partition coefficient (Wildman–Crippen LogP) is -0.386. The van der Waals surface area contributed by atoms with E-state index in [9.17, 15) is 20.1 Å². The zero-order chi connectivity index (χ0) is 23.1. The maximum Gasteiger partial charge on any atom is 0.244 e. The standard InChI is InChI=1S/C22H28N6O4S/c1-27-6-8-28(9-7-27)22-25-19(23-14-10-12(11-29)17(30)18(14)31)16(20(32)26-22)21-24-13-4-2-3-5-15(13)33-21/h2-5,12,14,16-18,29-31H,6-11H2,1H3,(H,23,25,26,32)/t12-,14-,16?,17-,18+/m1/s1. The zero-order valence-corrected chi connectivity index (χ0v) is 19.1. The van der Waals surface area contributed by atoms with Crippen LogP contribution in [0.4, 0.5) is 0 Å². The highest BCUT2D eigenvalue weighted by atomic mass is 32.1. The van der Waals surface area contributed by atoms with E-state index in [-0.39, 0.29) is 18.3 Å². The van der Waals surface area contributed by atoms with Gasteiger partial charge in [-0.2, -0.15) is 4.99 Å². The van der Waals surface area contributed by atoms with Gasteiger partial charge in [-0.05, 0) is 25.6 Å². The summed E-state index contributed by atoms with van der Waals surface area (Å²) in [5.41, 5.74) is 0.801. The van der Waals surface area contributed by atoms with Crippen molar-refractivity contribution < 1.29 is 20.1 Å². The van der Waals surface area contributed by atoms with Crippen LogP contribution in [0.25, 0.3) is 10.2 Å². The highest BCUT2D eigenvalue weighted by Gasteiger charge is 2.43. The Bertz CT molecular complexity index is 1060. The van der Waals surface area contributed by atoms with E-state index in [1.54, 1.807) is 0 Å². The molecule has 1 aliphatic carbocycles. The predicted molar refractivity (Wildman–Crippen MR) is 125 cm³/mol. The fourth-order valence-corrected chi connectivity index (χ4v) is 5.65. The summed E-state index contributed by atoms with van der Waals surface area (Å²) >= 11 is 1.42. The Morgan fingerprint density at radius 1 is 1.18 bits per heavy atom. The molecule has 2 aromatic rings. The Morgan fingerprint density at radius 2 is 1.94 bits per heavy atom. The third-order valence-corrected chi connectivity index (χ3v) is 7.74. The summed E-state index contributed by atoms with van der Waals surface area (Å²) in [6, 6.07) is 7.02. The Hall–Kier alpha value is -2.44. The van der Waals surface area contributed by atoms with Gasteiger partial charge in [-0.1, -0.05) is 12.1 Å². The number of hydrogen-bond donors (Lipinski definition) is 4. The van der Waals surface area contributed by atoms with Crippen molar-refractivity contribution in [1.82, 2.24) is 20.1 Å². The van der Waals surface area contributed by atoms with Crippen LogP contribution in [0.15, 0.2) is 34.3 Å². The monoisotopic (exact) mass is 472 g/mol. The molecular formula is C22H28N6O4S. The van der Waals surface area contributed by atoms with E-state index >= 15 is 0 Å². The molecule has 1 saturated heterocycles. The molecule has 176 valence electrons. The molecule has 0 radical (unpaired) electrons. The number of carbonyl (C=O) groups excluding carboxylic acids is 1. The van der Waals surface area contributed by atoms with Gasteiger partial charge in [-0.15, -0.1) is 11.3 Å². The van der Waals surface area contributed by atoms with Crippen LogP contribution in [0.1, 0.15) is 17.3 Å². The molecule has 0 bridgehead atoms. The number of amidine groups is 1. The number of benzene rings is 1. The summed E-state index contributed by atoms with van der Waals surface area (Å²) in [7, 11) is 2.05. The molecule has 3 heterocycles. The van der Waals surface area contributed by atoms with Crippen LogP contribution in [0, 0.1) is 5.92 Å². The summed E-state index contributed by atoms with van der Waals surface area (Å²) in [6.07, 6.45) is -1.88. The lowest BCUT2D eigenvalue weighted by Crippen LogP contribution is -2.56. The third kappa shape index (κ3) is 4.26. The van der Waals surface area contributed by atoms with Gasteiger partial charge < -0.3 is 25.1 Å². The van der Waals surface area contributed by atoms with E-state index in [1.165, 1.54) is 11.3 Å². The van der Waals surface area contributed by atoms with Crippen LogP contribution in [0.3, 0.4) is 0 Å². The fourth-order valence-electron chi connectivity index (χ4n) is 4.59. The maximum absolute atomic E-state index is 13.3. The molecule has 1 unspecified atom stereocenters. The van der Waals surface area contributed by atoms with E-state index in [2.05, 4.69) is 27.2 Å². The molecule has 11 heteroatoms. The molecule has 2 aliphatic heterocycles. The molecule has 5 rings (SSSR count). The topological polar surface area (TPSA) is 134 Å². The summed E-state index contributed by atoms with van der Waals surface area (Å²) in [4.78, 5) is 31.7. The molecule has 2 fully saturated rings. The molecule has 10 nitrogen and oxygen atoms in total. The first-order chi connectivity index (χ1) is 15.9. The number of likely N-dealkylation sites (N-methyl/N-ethyl adjacent to an activating group) is 1. The number of rotatable bonds is 3. The highest BCUT2D eigenvalue weighted by Crippen LogP contribution is 2.33. The van der Waals surface area contributed by atoms with Crippen LogP contribution in [0.2, 0.25) is 0 Å². The minimum Gasteiger partial charge on any atom is -0.396 e. The number of aliphatic hydroxyl groups is 3. The third-order valence-electron chi connectivity index (χ3n) is 6.64. The number of guanidine groups is 1. The van der Waals surface area contributed by atoms with Crippen LogP contribution in [-0.4, -0.2) is 106 Å². The molecule has 0 spiro atoms. The number of aromatic nitrogens is 1. The largest absolute Gasteiger partial charge is 0.396 e. The summed E-state index contributed by atoms with van der Waals surface area (Å²) in [5.74, 6) is -0.800. The highest BCUT2D eigenvalue weighted by molar-refractivity contribution is 7.18. The molecule has 33 heavy (non-hydrogen) atoms. The SMILES string of the molecule is CN1CCN(C2=NC(=N[C@@H]3C[C@H](CO)[C@@H](O)[C@H]3O)C(c3nc4ccccc4s3)C(=O)N2)CC1. The minimum absolute atomic E-state index is 0.239. The molecule has 5 atom stereocenters. The Morgan fingerprint density at radius 3 is 2.64 bits per heavy atom. The van der Waals surface area contributed by atoms with Gasteiger partial charge >= 0.3 is 0 Å². The summed E-state index contributed by atoms with van der Waals surface area (Å²) in [6.45, 7) is 2.93. The minimum atomic E-state index is -1.13. The molecular weight excluding hydrogens is 444 g/mol. The van der Waals surface area contributed by atoms with Gasteiger partial charge in [0.2, 0.25) is 11.9 Å². The number of nitrogens with one attached hydrogen (secondary N) is 1. The smallest absolute Gasteiger partial charge is 0.244 e. The number of hydrogen-bond acceptors (Lipinski definition) is 9. The number of carbonyl (C=O) groups is 1. The van der Waals surface area contributed by atoms with Gasteiger partial charge in [-0.3, -0.25) is 15.1 Å². The first-order valence-corrected chi connectivity index (χ1v) is 12.0. The molecule has 1 amide bonds. The van der Waals surface area contributed by atoms with Gasteiger partial charge in [0.1, 0.15) is 22.9 Å². The van der Waals surface area contributed by atoms with Crippen molar-refractivity contribution in [2.24, 2.45) is 15.9 Å². The second kappa shape index (κ2) is 9.07. The number of aliphatic imine (C=N–C) groups is 2. The van der Waals surface area contributed by atoms with Crippen molar-refractivity contribution in [2.75, 3.05) is 39.8 Å². The van der Waals surface area contributed by atoms with E-state index in [0.717, 1.165) is 36.4 Å². The van der Waals surface area contributed by atoms with Gasteiger partial charge in [0.25, 0.3) is 0 Å². The molecule has 1 aromatic carbocycles. The van der Waals surface area contributed by atoms with E-state index in [1.807, 2.05) is 29.2 Å². The molecule has 1 saturated carbocycles. The lowest BCUT2D eigenvalue weighted by Gasteiger charge is -2.36. The number of fused-ring (bicyclic) bond motifs is 1. The van der Waals surface area contributed by atoms with Crippen molar-refractivity contribution in [2.45, 2.75) is 30.6 Å². The van der Waals surface area contributed by atoms with Gasteiger partial charge in [0.05, 0.1) is 22.4 Å². The normalized spacial score (nSPS) is 32.4. The van der Waals surface area contributed by atoms with Gasteiger partial charge in [0, 0.05) is 38.7 Å². The molecule has 3 aliphatic rings. The van der Waals surface area contributed by atoms with Crippen molar-refractivity contribution in [3.05, 3.63) is 29.3 Å². The molecule has 1 aromatic heterocycles. The van der Waals surface area contributed by atoms with Gasteiger partial charge in [-0.25, -0.2) is 4.98 Å². The number of amides is 1. The van der Waals surface area contributed by atoms with E-state index < -0.39 is 30.1 Å². The fraction of sp³-hybridized carbons (Fsp3) is 0.545. The second-order valence-electron chi connectivity index (χ2n) is 8.88. The van der Waals surface area contributed by atoms with Crippen molar-refractivity contribution in [3.8, 4) is 0 Å². The lowest BCUT2D eigenvalue weighted by atomic mass is 10.1.